The van der Waals surface area contributed by atoms with Crippen LogP contribution in [0.5, 0.6) is 0 Å². The van der Waals surface area contributed by atoms with Gasteiger partial charge in [-0.15, -0.1) is 10.2 Å². The molecule has 1 aliphatic rings. The highest BCUT2D eigenvalue weighted by atomic mass is 35.5. The van der Waals surface area contributed by atoms with Gasteiger partial charge in [0.1, 0.15) is 5.82 Å². The topological polar surface area (TPSA) is 85.8 Å². The normalized spacial score (nSPS) is 15.3. The number of benzene rings is 1. The first-order valence-electron chi connectivity index (χ1n) is 8.82. The summed E-state index contributed by atoms with van der Waals surface area (Å²) in [6.07, 6.45) is 5.45. The number of hydrogen-bond donors (Lipinski definition) is 2. The molecule has 134 valence electrons. The molecule has 2 aromatic rings. The lowest BCUT2D eigenvalue weighted by atomic mass is 10.1. The highest BCUT2D eigenvalue weighted by Crippen LogP contribution is 2.31. The molecular formula is C18H24ClN5O. The van der Waals surface area contributed by atoms with E-state index in [0.717, 1.165) is 43.0 Å². The van der Waals surface area contributed by atoms with Gasteiger partial charge in [-0.25, -0.2) is 0 Å². The molecule has 3 rings (SSSR count). The summed E-state index contributed by atoms with van der Waals surface area (Å²) in [5.74, 6) is 1.73. The maximum atomic E-state index is 12.0. The maximum absolute atomic E-state index is 12.0. The third-order valence-electron chi connectivity index (χ3n) is 4.43. The Morgan fingerprint density at radius 3 is 3.00 bits per heavy atom. The number of amides is 1. The van der Waals surface area contributed by atoms with Crippen LogP contribution >= 0.6 is 11.6 Å². The zero-order valence-corrected chi connectivity index (χ0v) is 15.2. The van der Waals surface area contributed by atoms with Gasteiger partial charge in [0, 0.05) is 36.7 Å². The Morgan fingerprint density at radius 1 is 1.36 bits per heavy atom. The van der Waals surface area contributed by atoms with Crippen LogP contribution in [0, 0.1) is 0 Å². The van der Waals surface area contributed by atoms with E-state index in [0.29, 0.717) is 23.6 Å². The number of carbonyl (C=O) groups is 1. The van der Waals surface area contributed by atoms with Crippen LogP contribution in [0.25, 0.3) is 11.4 Å². The van der Waals surface area contributed by atoms with Gasteiger partial charge in [0.15, 0.2) is 5.82 Å². The molecule has 1 aliphatic heterocycles. The molecule has 1 aromatic carbocycles. The van der Waals surface area contributed by atoms with E-state index in [1.807, 2.05) is 13.0 Å². The smallest absolute Gasteiger partial charge is 0.224 e. The third kappa shape index (κ3) is 4.38. The molecule has 0 fully saturated rings. The van der Waals surface area contributed by atoms with Crippen molar-refractivity contribution in [3.8, 4) is 11.4 Å². The number of fused-ring (bicyclic) bond motifs is 1. The summed E-state index contributed by atoms with van der Waals surface area (Å²) in [5, 5.41) is 12.2. The lowest BCUT2D eigenvalue weighted by Gasteiger charge is -2.11. The average molecular weight is 362 g/mol. The number of rotatable bonds is 5. The summed E-state index contributed by atoms with van der Waals surface area (Å²) < 4.78 is 2.15. The molecule has 0 radical (unpaired) electrons. The largest absolute Gasteiger partial charge is 0.328 e. The molecule has 0 saturated carbocycles. The van der Waals surface area contributed by atoms with Crippen molar-refractivity contribution in [3.05, 3.63) is 29.0 Å². The Balaban J connectivity index is 1.83. The van der Waals surface area contributed by atoms with E-state index in [4.69, 9.17) is 17.3 Å². The molecule has 0 spiro atoms. The van der Waals surface area contributed by atoms with Crippen LogP contribution in [0.4, 0.5) is 5.69 Å². The quantitative estimate of drug-likeness (QED) is 0.854. The van der Waals surface area contributed by atoms with Crippen LogP contribution in [0.15, 0.2) is 18.2 Å². The molecule has 1 atom stereocenters. The molecule has 0 bridgehead atoms. The second-order valence-corrected chi connectivity index (χ2v) is 7.07. The van der Waals surface area contributed by atoms with E-state index in [1.165, 1.54) is 6.42 Å². The summed E-state index contributed by atoms with van der Waals surface area (Å²) in [5.41, 5.74) is 7.21. The Hall–Kier alpha value is -1.92. The maximum Gasteiger partial charge on any atom is 0.224 e. The number of aryl methyl sites for hydroxylation is 1. The highest BCUT2D eigenvalue weighted by Gasteiger charge is 2.18. The summed E-state index contributed by atoms with van der Waals surface area (Å²) in [7, 11) is 0. The number of nitrogens with one attached hydrogen (secondary N) is 1. The third-order valence-corrected chi connectivity index (χ3v) is 4.76. The Bertz CT molecular complexity index is 756. The van der Waals surface area contributed by atoms with E-state index in [1.54, 1.807) is 12.1 Å². The predicted octanol–water partition coefficient (Wildman–Crippen LogP) is 3.39. The fourth-order valence-electron chi connectivity index (χ4n) is 3.04. The van der Waals surface area contributed by atoms with Crippen LogP contribution in [-0.4, -0.2) is 26.7 Å². The fourth-order valence-corrected chi connectivity index (χ4v) is 3.24. The minimum Gasteiger partial charge on any atom is -0.328 e. The predicted molar refractivity (Wildman–Crippen MR) is 99.5 cm³/mol. The summed E-state index contributed by atoms with van der Waals surface area (Å²) in [4.78, 5) is 12.0. The first kappa shape index (κ1) is 17.9. The minimum atomic E-state index is -0.0503. The van der Waals surface area contributed by atoms with E-state index < -0.39 is 0 Å². The van der Waals surface area contributed by atoms with Crippen LogP contribution in [0.2, 0.25) is 5.02 Å². The van der Waals surface area contributed by atoms with Gasteiger partial charge in [0.25, 0.3) is 0 Å². The van der Waals surface area contributed by atoms with Crippen LogP contribution in [0.1, 0.15) is 44.9 Å². The second-order valence-electron chi connectivity index (χ2n) is 6.66. The lowest BCUT2D eigenvalue weighted by molar-refractivity contribution is -0.116. The van der Waals surface area contributed by atoms with E-state index in [9.17, 15) is 4.79 Å². The van der Waals surface area contributed by atoms with Crippen molar-refractivity contribution >= 4 is 23.2 Å². The van der Waals surface area contributed by atoms with Gasteiger partial charge >= 0.3 is 0 Å². The lowest BCUT2D eigenvalue weighted by Crippen LogP contribution is -2.19. The first-order chi connectivity index (χ1) is 12.0. The summed E-state index contributed by atoms with van der Waals surface area (Å²) >= 11 is 6.40. The van der Waals surface area contributed by atoms with E-state index in [-0.39, 0.29) is 11.9 Å². The molecule has 0 aliphatic carbocycles. The number of aromatic nitrogens is 3. The fraction of sp³-hybridized carbons (Fsp3) is 0.500. The SMILES string of the molecule is CC(N)CCC(=O)Nc1ccc(Cl)c(-c2nnc3n2CCCCC3)c1. The minimum absolute atomic E-state index is 0.0120. The summed E-state index contributed by atoms with van der Waals surface area (Å²) in [6, 6.07) is 5.47. The molecule has 0 saturated heterocycles. The van der Waals surface area contributed by atoms with Gasteiger partial charge in [-0.05, 0) is 44.4 Å². The Labute approximate surface area is 152 Å². The number of carbonyl (C=O) groups excluding carboxylic acids is 1. The molecule has 1 aromatic heterocycles. The van der Waals surface area contributed by atoms with Crippen LogP contribution in [-0.2, 0) is 17.8 Å². The molecular weight excluding hydrogens is 338 g/mol. The van der Waals surface area contributed by atoms with Gasteiger partial charge in [-0.1, -0.05) is 18.0 Å². The van der Waals surface area contributed by atoms with Crippen molar-refractivity contribution in [3.63, 3.8) is 0 Å². The van der Waals surface area contributed by atoms with E-state index >= 15 is 0 Å². The van der Waals surface area contributed by atoms with Gasteiger partial charge in [-0.3, -0.25) is 4.79 Å². The molecule has 6 nitrogen and oxygen atoms in total. The van der Waals surface area contributed by atoms with Gasteiger partial charge < -0.3 is 15.6 Å². The van der Waals surface area contributed by atoms with Gasteiger partial charge in [-0.2, -0.15) is 0 Å². The van der Waals surface area contributed by atoms with Crippen molar-refractivity contribution in [1.29, 1.82) is 0 Å². The zero-order valence-electron chi connectivity index (χ0n) is 14.5. The van der Waals surface area contributed by atoms with Gasteiger partial charge in [0.05, 0.1) is 5.02 Å². The van der Waals surface area contributed by atoms with Crippen molar-refractivity contribution in [2.45, 2.75) is 58.0 Å². The number of halogens is 1. The molecule has 1 unspecified atom stereocenters. The van der Waals surface area contributed by atoms with E-state index in [2.05, 4.69) is 20.1 Å². The standard InChI is InChI=1S/C18H24ClN5O/c1-12(20)6-9-17(25)21-13-7-8-15(19)14(11-13)18-23-22-16-5-3-2-4-10-24(16)18/h7-8,11-12H,2-6,9-10,20H2,1H3,(H,21,25). The van der Waals surface area contributed by atoms with Crippen molar-refractivity contribution in [2.75, 3.05) is 5.32 Å². The number of nitrogens with zero attached hydrogens (tertiary/aromatic N) is 3. The zero-order chi connectivity index (χ0) is 17.8. The number of anilines is 1. The average Bonchev–Trinajstić information content (AvgIpc) is 2.83. The second kappa shape index (κ2) is 7.97. The molecule has 7 heteroatoms. The Kier molecular flexibility index (Phi) is 5.71. The van der Waals surface area contributed by atoms with Crippen molar-refractivity contribution in [2.24, 2.45) is 5.73 Å². The summed E-state index contributed by atoms with van der Waals surface area (Å²) in [6.45, 7) is 2.80. The van der Waals surface area contributed by atoms with Gasteiger partial charge in [0.2, 0.25) is 5.91 Å². The number of nitrogens with two attached hydrogens (primary N) is 1. The van der Waals surface area contributed by atoms with Crippen molar-refractivity contribution < 1.29 is 4.79 Å². The highest BCUT2D eigenvalue weighted by molar-refractivity contribution is 6.33. The first-order valence-corrected chi connectivity index (χ1v) is 9.20. The molecule has 25 heavy (non-hydrogen) atoms. The molecule has 3 N–H and O–H groups in total. The monoisotopic (exact) mass is 361 g/mol. The van der Waals surface area contributed by atoms with Crippen molar-refractivity contribution in [1.82, 2.24) is 14.8 Å². The molecule has 1 amide bonds. The van der Waals surface area contributed by atoms with Crippen LogP contribution < -0.4 is 11.1 Å². The molecule has 2 heterocycles. The Morgan fingerprint density at radius 2 is 2.20 bits per heavy atom. The number of hydrogen-bond acceptors (Lipinski definition) is 4. The van der Waals surface area contributed by atoms with Crippen LogP contribution in [0.3, 0.4) is 0 Å².